The number of carbonyl (C=O) groups is 1. The Morgan fingerprint density at radius 3 is 2.83 bits per heavy atom. The van der Waals surface area contributed by atoms with Crippen LogP contribution in [0.25, 0.3) is 0 Å². The van der Waals surface area contributed by atoms with Crippen LogP contribution in [0.4, 0.5) is 0 Å². The molecular weight excluding hydrogens is 226 g/mol. The summed E-state index contributed by atoms with van der Waals surface area (Å²) in [4.78, 5) is 11.7. The van der Waals surface area contributed by atoms with Gasteiger partial charge < -0.3 is 10.1 Å². The first kappa shape index (κ1) is 15.5. The maximum absolute atomic E-state index is 11.7. The van der Waals surface area contributed by atoms with Crippen molar-refractivity contribution in [1.29, 1.82) is 0 Å². The second-order valence-electron chi connectivity index (χ2n) is 5.76. The number of nitrogens with one attached hydrogen (secondary N) is 1. The number of hydrogen-bond acceptors (Lipinski definition) is 3. The van der Waals surface area contributed by atoms with Crippen LogP contribution in [0.3, 0.4) is 0 Å². The van der Waals surface area contributed by atoms with Crippen molar-refractivity contribution < 1.29 is 9.53 Å². The first-order valence-corrected chi connectivity index (χ1v) is 7.48. The van der Waals surface area contributed by atoms with E-state index >= 15 is 0 Å². The molecule has 0 aromatic rings. The van der Waals surface area contributed by atoms with E-state index in [1.165, 1.54) is 32.8 Å². The van der Waals surface area contributed by atoms with Gasteiger partial charge in [0.15, 0.2) is 0 Å². The number of esters is 1. The topological polar surface area (TPSA) is 38.3 Å². The fourth-order valence-corrected chi connectivity index (χ4v) is 2.91. The molecule has 0 spiro atoms. The zero-order valence-corrected chi connectivity index (χ0v) is 12.2. The molecule has 0 aromatic heterocycles. The van der Waals surface area contributed by atoms with Gasteiger partial charge >= 0.3 is 5.97 Å². The third-order valence-corrected chi connectivity index (χ3v) is 4.03. The van der Waals surface area contributed by atoms with Gasteiger partial charge in [-0.05, 0) is 37.6 Å². The van der Waals surface area contributed by atoms with Crippen molar-refractivity contribution in [1.82, 2.24) is 5.32 Å². The number of unbranched alkanes of at least 4 members (excludes halogenated alkanes) is 1. The molecule has 1 saturated carbocycles. The van der Waals surface area contributed by atoms with E-state index in [1.54, 1.807) is 0 Å². The lowest BCUT2D eigenvalue weighted by atomic mass is 9.82. The van der Waals surface area contributed by atoms with Crippen LogP contribution in [0.15, 0.2) is 0 Å². The highest BCUT2D eigenvalue weighted by molar-refractivity contribution is 5.75. The zero-order valence-electron chi connectivity index (χ0n) is 12.2. The molecule has 1 fully saturated rings. The average Bonchev–Trinajstić information content (AvgIpc) is 2.38. The summed E-state index contributed by atoms with van der Waals surface area (Å²) in [5.74, 6) is 1.48. The first-order valence-electron chi connectivity index (χ1n) is 7.48. The van der Waals surface area contributed by atoms with Crippen LogP contribution in [0.1, 0.15) is 58.8 Å². The lowest BCUT2D eigenvalue weighted by Gasteiger charge is -2.28. The number of ether oxygens (including phenoxy) is 1. The number of methoxy groups -OCH3 is 1. The molecular formula is C15H29NO2. The molecule has 0 aliphatic heterocycles. The molecule has 0 amide bonds. The summed E-state index contributed by atoms with van der Waals surface area (Å²) in [6.45, 7) is 5.45. The van der Waals surface area contributed by atoms with Crippen LogP contribution in [0, 0.1) is 11.8 Å². The normalized spacial score (nSPS) is 25.7. The van der Waals surface area contributed by atoms with Crippen molar-refractivity contribution in [2.45, 2.75) is 64.8 Å². The second-order valence-corrected chi connectivity index (χ2v) is 5.76. The summed E-state index contributed by atoms with van der Waals surface area (Å²) >= 11 is 0. The van der Waals surface area contributed by atoms with E-state index in [4.69, 9.17) is 4.74 Å². The Morgan fingerprint density at radius 1 is 1.44 bits per heavy atom. The van der Waals surface area contributed by atoms with Crippen LogP contribution >= 0.6 is 0 Å². The third kappa shape index (κ3) is 5.38. The van der Waals surface area contributed by atoms with Gasteiger partial charge in [-0.1, -0.05) is 39.5 Å². The zero-order chi connectivity index (χ0) is 13.4. The van der Waals surface area contributed by atoms with Crippen molar-refractivity contribution in [3.05, 3.63) is 0 Å². The van der Waals surface area contributed by atoms with Crippen LogP contribution in [0.5, 0.6) is 0 Å². The lowest BCUT2D eigenvalue weighted by molar-refractivity contribution is -0.143. The largest absolute Gasteiger partial charge is 0.468 e. The Balaban J connectivity index is 2.33. The average molecular weight is 255 g/mol. The maximum Gasteiger partial charge on any atom is 0.322 e. The van der Waals surface area contributed by atoms with Crippen molar-refractivity contribution in [2.75, 3.05) is 13.7 Å². The monoisotopic (exact) mass is 255 g/mol. The molecule has 1 aliphatic rings. The Kier molecular flexibility index (Phi) is 7.33. The minimum atomic E-state index is -0.104. The van der Waals surface area contributed by atoms with Gasteiger partial charge in [0.1, 0.15) is 6.04 Å². The van der Waals surface area contributed by atoms with Crippen LogP contribution in [-0.4, -0.2) is 25.7 Å². The van der Waals surface area contributed by atoms with Gasteiger partial charge in [0, 0.05) is 0 Å². The van der Waals surface area contributed by atoms with Gasteiger partial charge in [-0.3, -0.25) is 4.79 Å². The summed E-state index contributed by atoms with van der Waals surface area (Å²) in [5, 5.41) is 3.42. The molecule has 1 N–H and O–H groups in total. The Morgan fingerprint density at radius 2 is 2.22 bits per heavy atom. The van der Waals surface area contributed by atoms with E-state index < -0.39 is 0 Å². The van der Waals surface area contributed by atoms with E-state index in [9.17, 15) is 4.79 Å². The van der Waals surface area contributed by atoms with E-state index in [2.05, 4.69) is 19.2 Å². The van der Waals surface area contributed by atoms with E-state index in [0.29, 0.717) is 0 Å². The molecule has 0 heterocycles. The van der Waals surface area contributed by atoms with Gasteiger partial charge in [-0.2, -0.15) is 0 Å². The number of carbonyl (C=O) groups excluding carboxylic acids is 1. The molecule has 1 aliphatic carbocycles. The lowest BCUT2D eigenvalue weighted by Crippen LogP contribution is -2.41. The van der Waals surface area contributed by atoms with Crippen molar-refractivity contribution in [2.24, 2.45) is 11.8 Å². The minimum absolute atomic E-state index is 0.104. The summed E-state index contributed by atoms with van der Waals surface area (Å²) in [5.41, 5.74) is 0. The van der Waals surface area contributed by atoms with Crippen molar-refractivity contribution in [3.63, 3.8) is 0 Å². The quantitative estimate of drug-likeness (QED) is 0.710. The fourth-order valence-electron chi connectivity index (χ4n) is 2.91. The molecule has 106 valence electrons. The standard InChI is InChI=1S/C15H29NO2/c1-4-5-9-14(15(17)18-3)16-11-13-8-6-7-12(2)10-13/h12-14,16H,4-11H2,1-3H3. The van der Waals surface area contributed by atoms with E-state index in [0.717, 1.165) is 37.6 Å². The Bertz CT molecular complexity index is 243. The van der Waals surface area contributed by atoms with Crippen molar-refractivity contribution >= 4 is 5.97 Å². The Hall–Kier alpha value is -0.570. The molecule has 3 atom stereocenters. The van der Waals surface area contributed by atoms with Crippen molar-refractivity contribution in [3.8, 4) is 0 Å². The Labute approximate surface area is 112 Å². The fraction of sp³-hybridized carbons (Fsp3) is 0.933. The molecule has 3 nitrogen and oxygen atoms in total. The predicted molar refractivity (Wildman–Crippen MR) is 74.5 cm³/mol. The van der Waals surface area contributed by atoms with E-state index in [1.807, 2.05) is 0 Å². The maximum atomic E-state index is 11.7. The second kappa shape index (κ2) is 8.52. The van der Waals surface area contributed by atoms with Gasteiger partial charge in [0.05, 0.1) is 7.11 Å². The summed E-state index contributed by atoms with van der Waals surface area (Å²) < 4.78 is 4.87. The summed E-state index contributed by atoms with van der Waals surface area (Å²) in [6, 6.07) is -0.104. The van der Waals surface area contributed by atoms with Gasteiger partial charge in [-0.25, -0.2) is 0 Å². The molecule has 3 heteroatoms. The number of hydrogen-bond donors (Lipinski definition) is 1. The SMILES string of the molecule is CCCCC(NCC1CCCC(C)C1)C(=O)OC. The highest BCUT2D eigenvalue weighted by atomic mass is 16.5. The predicted octanol–water partition coefficient (Wildman–Crippen LogP) is 3.13. The molecule has 0 bridgehead atoms. The summed E-state index contributed by atoms with van der Waals surface area (Å²) in [7, 11) is 1.48. The minimum Gasteiger partial charge on any atom is -0.468 e. The van der Waals surface area contributed by atoms with Crippen LogP contribution < -0.4 is 5.32 Å². The smallest absolute Gasteiger partial charge is 0.322 e. The molecule has 1 rings (SSSR count). The molecule has 0 saturated heterocycles. The number of rotatable bonds is 7. The van der Waals surface area contributed by atoms with Gasteiger partial charge in [0.25, 0.3) is 0 Å². The first-order chi connectivity index (χ1) is 8.67. The molecule has 18 heavy (non-hydrogen) atoms. The van der Waals surface area contributed by atoms with Gasteiger partial charge in [-0.15, -0.1) is 0 Å². The summed E-state index contributed by atoms with van der Waals surface area (Å²) in [6.07, 6.45) is 8.40. The van der Waals surface area contributed by atoms with E-state index in [-0.39, 0.29) is 12.0 Å². The van der Waals surface area contributed by atoms with Gasteiger partial charge in [0.2, 0.25) is 0 Å². The molecule has 3 unspecified atom stereocenters. The highest BCUT2D eigenvalue weighted by Gasteiger charge is 2.22. The van der Waals surface area contributed by atoms with Crippen LogP contribution in [-0.2, 0) is 9.53 Å². The highest BCUT2D eigenvalue weighted by Crippen LogP contribution is 2.28. The molecule has 0 aromatic carbocycles. The third-order valence-electron chi connectivity index (χ3n) is 4.03. The molecule has 0 radical (unpaired) electrons. The van der Waals surface area contributed by atoms with Crippen LogP contribution in [0.2, 0.25) is 0 Å².